The van der Waals surface area contributed by atoms with E-state index in [1.165, 1.54) is 22.3 Å². The van der Waals surface area contributed by atoms with Crippen molar-refractivity contribution < 1.29 is 9.53 Å². The van der Waals surface area contributed by atoms with Crippen LogP contribution in [0.1, 0.15) is 22.6 Å². The van der Waals surface area contributed by atoms with Gasteiger partial charge in [-0.15, -0.1) is 0 Å². The number of amides is 1. The van der Waals surface area contributed by atoms with Crippen molar-refractivity contribution in [2.45, 2.75) is 5.92 Å². The number of carbonyl (C=O) groups excluding carboxylic acids is 1. The van der Waals surface area contributed by atoms with Crippen molar-refractivity contribution in [1.29, 1.82) is 0 Å². The second-order valence-electron chi connectivity index (χ2n) is 6.71. The van der Waals surface area contributed by atoms with Gasteiger partial charge in [-0.25, -0.2) is 4.79 Å². The van der Waals surface area contributed by atoms with E-state index in [1.54, 1.807) is 6.07 Å². The summed E-state index contributed by atoms with van der Waals surface area (Å²) >= 11 is 3.39. The number of nitrogens with one attached hydrogen (secondary N) is 1. The molecule has 0 aromatic heterocycles. The van der Waals surface area contributed by atoms with E-state index < -0.39 is 6.09 Å². The SMILES string of the molecule is Nc1ccc(Br)cc1C#CCNC(=O)OCC1c2ccccc2-c2ccccc21. The van der Waals surface area contributed by atoms with Gasteiger partial charge in [-0.05, 0) is 40.5 Å². The second kappa shape index (κ2) is 8.42. The molecular weight excluding hydrogens is 428 g/mol. The number of nitrogens with two attached hydrogens (primary N) is 1. The van der Waals surface area contributed by atoms with Gasteiger partial charge in [-0.2, -0.15) is 0 Å². The van der Waals surface area contributed by atoms with Crippen LogP contribution in [0.25, 0.3) is 11.1 Å². The molecule has 0 fully saturated rings. The van der Waals surface area contributed by atoms with Crippen molar-refractivity contribution >= 4 is 27.7 Å². The molecule has 0 radical (unpaired) electrons. The van der Waals surface area contributed by atoms with Crippen LogP contribution in [-0.4, -0.2) is 19.2 Å². The molecule has 0 aliphatic heterocycles. The van der Waals surface area contributed by atoms with Crippen molar-refractivity contribution in [3.63, 3.8) is 0 Å². The Kier molecular flexibility index (Phi) is 5.55. The van der Waals surface area contributed by atoms with Crippen molar-refractivity contribution in [2.24, 2.45) is 0 Å². The Morgan fingerprint density at radius 2 is 1.69 bits per heavy atom. The molecule has 4 rings (SSSR count). The van der Waals surface area contributed by atoms with Gasteiger partial charge < -0.3 is 15.8 Å². The zero-order valence-electron chi connectivity index (χ0n) is 15.6. The summed E-state index contributed by atoms with van der Waals surface area (Å²) in [6.07, 6.45) is -0.483. The number of halogens is 1. The summed E-state index contributed by atoms with van der Waals surface area (Å²) in [5.41, 5.74) is 12.0. The molecular formula is C24H19BrN2O2. The van der Waals surface area contributed by atoms with Crippen LogP contribution in [0.15, 0.2) is 71.2 Å². The lowest BCUT2D eigenvalue weighted by molar-refractivity contribution is 0.144. The molecule has 0 atom stereocenters. The fourth-order valence-corrected chi connectivity index (χ4v) is 3.90. The van der Waals surface area contributed by atoms with Crippen molar-refractivity contribution in [3.8, 4) is 23.0 Å². The monoisotopic (exact) mass is 446 g/mol. The van der Waals surface area contributed by atoms with E-state index in [2.05, 4.69) is 57.4 Å². The molecule has 144 valence electrons. The molecule has 3 aromatic carbocycles. The Morgan fingerprint density at radius 3 is 2.38 bits per heavy atom. The summed E-state index contributed by atoms with van der Waals surface area (Å²) in [5.74, 6) is 5.90. The van der Waals surface area contributed by atoms with E-state index in [0.29, 0.717) is 11.3 Å². The fraction of sp³-hybridized carbons (Fsp3) is 0.125. The third-order valence-electron chi connectivity index (χ3n) is 4.90. The molecule has 1 aliphatic rings. The maximum absolute atomic E-state index is 12.1. The number of alkyl carbamates (subject to hydrolysis) is 1. The van der Waals surface area contributed by atoms with E-state index in [0.717, 1.165) is 4.47 Å². The van der Waals surface area contributed by atoms with Crippen LogP contribution in [0, 0.1) is 11.8 Å². The number of fused-ring (bicyclic) bond motifs is 3. The standard InChI is InChI=1S/C24H19BrN2O2/c25-17-11-12-23(26)16(14-17)6-5-13-27-24(28)29-15-22-20-9-3-1-7-18(20)19-8-2-4-10-21(19)22/h1-4,7-12,14,22H,13,15,26H2,(H,27,28). The molecule has 1 aliphatic carbocycles. The lowest BCUT2D eigenvalue weighted by atomic mass is 9.98. The van der Waals surface area contributed by atoms with Gasteiger partial charge in [0.15, 0.2) is 0 Å². The zero-order valence-corrected chi connectivity index (χ0v) is 17.2. The molecule has 1 amide bonds. The lowest BCUT2D eigenvalue weighted by Gasteiger charge is -2.14. The molecule has 3 aromatic rings. The van der Waals surface area contributed by atoms with Gasteiger partial charge >= 0.3 is 6.09 Å². The predicted octanol–water partition coefficient (Wildman–Crippen LogP) is 4.92. The maximum atomic E-state index is 12.1. The van der Waals surface area contributed by atoms with Gasteiger partial charge in [-0.1, -0.05) is 76.3 Å². The fourth-order valence-electron chi connectivity index (χ4n) is 3.54. The van der Waals surface area contributed by atoms with Gasteiger partial charge in [0.2, 0.25) is 0 Å². The molecule has 3 N–H and O–H groups in total. The van der Waals surface area contributed by atoms with E-state index >= 15 is 0 Å². The van der Waals surface area contributed by atoms with Gasteiger partial charge in [-0.3, -0.25) is 0 Å². The van der Waals surface area contributed by atoms with Crippen LogP contribution < -0.4 is 11.1 Å². The Bertz CT molecular complexity index is 1090. The minimum atomic E-state index is -0.483. The predicted molar refractivity (Wildman–Crippen MR) is 119 cm³/mol. The number of hydrogen-bond acceptors (Lipinski definition) is 3. The Labute approximate surface area is 178 Å². The number of nitrogen functional groups attached to an aromatic ring is 1. The van der Waals surface area contributed by atoms with Gasteiger partial charge in [0, 0.05) is 21.6 Å². The largest absolute Gasteiger partial charge is 0.449 e. The van der Waals surface area contributed by atoms with Crippen LogP contribution in [0.2, 0.25) is 0 Å². The molecule has 0 spiro atoms. The molecule has 0 saturated carbocycles. The number of ether oxygens (including phenoxy) is 1. The van der Waals surface area contributed by atoms with Gasteiger partial charge in [0.1, 0.15) is 6.61 Å². The second-order valence-corrected chi connectivity index (χ2v) is 7.63. The van der Waals surface area contributed by atoms with Crippen LogP contribution >= 0.6 is 15.9 Å². The number of benzene rings is 3. The van der Waals surface area contributed by atoms with Gasteiger partial charge in [0.25, 0.3) is 0 Å². The van der Waals surface area contributed by atoms with E-state index in [1.807, 2.05) is 36.4 Å². The summed E-state index contributed by atoms with van der Waals surface area (Å²) in [5, 5.41) is 2.67. The maximum Gasteiger partial charge on any atom is 0.407 e. The summed E-state index contributed by atoms with van der Waals surface area (Å²) < 4.78 is 6.39. The summed E-state index contributed by atoms with van der Waals surface area (Å²) in [4.78, 5) is 12.1. The molecule has 5 heteroatoms. The Balaban J connectivity index is 1.36. The van der Waals surface area contributed by atoms with Gasteiger partial charge in [0.05, 0.1) is 6.54 Å². The molecule has 0 saturated heterocycles. The number of anilines is 1. The highest BCUT2D eigenvalue weighted by Gasteiger charge is 2.28. The minimum Gasteiger partial charge on any atom is -0.449 e. The number of carbonyl (C=O) groups is 1. The Hall–Kier alpha value is -3.23. The summed E-state index contributed by atoms with van der Waals surface area (Å²) in [6, 6.07) is 22.0. The summed E-state index contributed by atoms with van der Waals surface area (Å²) in [6.45, 7) is 0.467. The average molecular weight is 447 g/mol. The first-order valence-corrected chi connectivity index (χ1v) is 10.1. The van der Waals surface area contributed by atoms with E-state index in [4.69, 9.17) is 10.5 Å². The van der Waals surface area contributed by atoms with Crippen LogP contribution in [-0.2, 0) is 4.74 Å². The van der Waals surface area contributed by atoms with Crippen molar-refractivity contribution in [2.75, 3.05) is 18.9 Å². The first-order chi connectivity index (χ1) is 14.1. The molecule has 0 heterocycles. The van der Waals surface area contributed by atoms with Crippen molar-refractivity contribution in [1.82, 2.24) is 5.32 Å². The average Bonchev–Trinajstić information content (AvgIpc) is 3.06. The highest BCUT2D eigenvalue weighted by atomic mass is 79.9. The molecule has 0 bridgehead atoms. The highest BCUT2D eigenvalue weighted by Crippen LogP contribution is 2.44. The Morgan fingerprint density at radius 1 is 1.03 bits per heavy atom. The third-order valence-corrected chi connectivity index (χ3v) is 5.40. The topological polar surface area (TPSA) is 64.3 Å². The smallest absolute Gasteiger partial charge is 0.407 e. The molecule has 29 heavy (non-hydrogen) atoms. The van der Waals surface area contributed by atoms with Crippen LogP contribution in [0.4, 0.5) is 10.5 Å². The summed E-state index contributed by atoms with van der Waals surface area (Å²) in [7, 11) is 0. The molecule has 4 nitrogen and oxygen atoms in total. The zero-order chi connectivity index (χ0) is 20.2. The van der Waals surface area contributed by atoms with Crippen LogP contribution in [0.5, 0.6) is 0 Å². The number of hydrogen-bond donors (Lipinski definition) is 2. The van der Waals surface area contributed by atoms with Crippen molar-refractivity contribution in [3.05, 3.63) is 87.9 Å². The van der Waals surface area contributed by atoms with E-state index in [-0.39, 0.29) is 19.1 Å². The molecule has 0 unspecified atom stereocenters. The number of rotatable bonds is 3. The first kappa shape index (κ1) is 19.1. The third kappa shape index (κ3) is 4.13. The normalized spacial score (nSPS) is 11.8. The van der Waals surface area contributed by atoms with E-state index in [9.17, 15) is 4.79 Å². The minimum absolute atomic E-state index is 0.0423. The quantitative estimate of drug-likeness (QED) is 0.443. The lowest BCUT2D eigenvalue weighted by Crippen LogP contribution is -2.26. The first-order valence-electron chi connectivity index (χ1n) is 9.26. The van der Waals surface area contributed by atoms with Crippen LogP contribution in [0.3, 0.4) is 0 Å². The highest BCUT2D eigenvalue weighted by molar-refractivity contribution is 9.10.